The number of aldehydes is 1. The van der Waals surface area contributed by atoms with Crippen LogP contribution in [0.4, 0.5) is 0 Å². The Morgan fingerprint density at radius 3 is 2.86 bits per heavy atom. The minimum atomic E-state index is -0.0199. The molecule has 5 heteroatoms. The summed E-state index contributed by atoms with van der Waals surface area (Å²) >= 11 is 0. The summed E-state index contributed by atoms with van der Waals surface area (Å²) in [7, 11) is 0. The first-order valence-electron chi connectivity index (χ1n) is 7.35. The Morgan fingerprint density at radius 1 is 1.29 bits per heavy atom. The molecule has 0 radical (unpaired) electrons. The summed E-state index contributed by atoms with van der Waals surface area (Å²) in [6.07, 6.45) is 4.17. The molecule has 2 aromatic rings. The van der Waals surface area contributed by atoms with E-state index in [1.807, 2.05) is 31.2 Å². The highest BCUT2D eigenvalue weighted by Gasteiger charge is 2.23. The molecule has 0 spiro atoms. The van der Waals surface area contributed by atoms with E-state index >= 15 is 0 Å². The summed E-state index contributed by atoms with van der Waals surface area (Å²) in [5.74, 6) is 1.10. The second kappa shape index (κ2) is 6.18. The molecule has 5 nitrogen and oxygen atoms in total. The van der Waals surface area contributed by atoms with E-state index in [1.165, 1.54) is 5.56 Å². The van der Waals surface area contributed by atoms with Gasteiger partial charge >= 0.3 is 0 Å². The molecule has 0 amide bonds. The van der Waals surface area contributed by atoms with Crippen molar-refractivity contribution in [3.63, 3.8) is 0 Å². The fraction of sp³-hybridized carbons (Fsp3) is 0.438. The summed E-state index contributed by atoms with van der Waals surface area (Å²) in [6, 6.07) is 7.97. The van der Waals surface area contributed by atoms with Crippen LogP contribution >= 0.6 is 0 Å². The lowest BCUT2D eigenvalue weighted by atomic mass is 10.0. The topological polar surface area (TPSA) is 59.2 Å². The predicted molar refractivity (Wildman–Crippen MR) is 78.6 cm³/mol. The van der Waals surface area contributed by atoms with Crippen LogP contribution in [0, 0.1) is 6.92 Å². The van der Waals surface area contributed by atoms with Crippen LogP contribution in [0.15, 0.2) is 28.7 Å². The normalized spacial score (nSPS) is 19.6. The Balaban J connectivity index is 1.72. The molecule has 1 atom stereocenters. The van der Waals surface area contributed by atoms with Gasteiger partial charge in [0, 0.05) is 5.56 Å². The monoisotopic (exact) mass is 285 g/mol. The number of piperidine rings is 1. The lowest BCUT2D eigenvalue weighted by Gasteiger charge is -2.30. The van der Waals surface area contributed by atoms with Gasteiger partial charge in [-0.1, -0.05) is 24.1 Å². The SMILES string of the molecule is Cc1ccc(-c2nnc(CN3CCCCC3C=O)o2)cc1. The Bertz CT molecular complexity index is 606. The zero-order valence-electron chi connectivity index (χ0n) is 12.2. The molecule has 0 aliphatic carbocycles. The third-order valence-electron chi connectivity index (χ3n) is 3.93. The van der Waals surface area contributed by atoms with Gasteiger partial charge in [0.25, 0.3) is 0 Å². The van der Waals surface area contributed by atoms with Crippen LogP contribution in [0.1, 0.15) is 30.7 Å². The summed E-state index contributed by atoms with van der Waals surface area (Å²) in [4.78, 5) is 13.2. The lowest BCUT2D eigenvalue weighted by molar-refractivity contribution is -0.113. The maximum absolute atomic E-state index is 11.1. The number of hydrogen-bond acceptors (Lipinski definition) is 5. The molecule has 1 aliphatic rings. The largest absolute Gasteiger partial charge is 0.419 e. The Hall–Kier alpha value is -2.01. The number of benzene rings is 1. The first kappa shape index (κ1) is 13.9. The first-order chi connectivity index (χ1) is 10.3. The third kappa shape index (κ3) is 3.19. The zero-order valence-corrected chi connectivity index (χ0v) is 12.2. The maximum Gasteiger partial charge on any atom is 0.247 e. The van der Waals surface area contributed by atoms with Crippen LogP contribution in [0.2, 0.25) is 0 Å². The number of aromatic nitrogens is 2. The quantitative estimate of drug-likeness (QED) is 0.808. The Kier molecular flexibility index (Phi) is 4.10. The van der Waals surface area contributed by atoms with E-state index < -0.39 is 0 Å². The molecule has 3 rings (SSSR count). The molecule has 1 fully saturated rings. The molecular formula is C16H19N3O2. The summed E-state index contributed by atoms with van der Waals surface area (Å²) < 4.78 is 5.73. The van der Waals surface area contributed by atoms with Gasteiger partial charge in [-0.05, 0) is 38.4 Å². The van der Waals surface area contributed by atoms with E-state index in [0.717, 1.165) is 37.7 Å². The first-order valence-corrected chi connectivity index (χ1v) is 7.35. The predicted octanol–water partition coefficient (Wildman–Crippen LogP) is 2.60. The van der Waals surface area contributed by atoms with Crippen LogP contribution in [0.3, 0.4) is 0 Å². The average Bonchev–Trinajstić information content (AvgIpc) is 2.97. The number of aryl methyl sites for hydroxylation is 1. The highest BCUT2D eigenvalue weighted by atomic mass is 16.4. The van der Waals surface area contributed by atoms with Crippen molar-refractivity contribution in [2.45, 2.75) is 38.8 Å². The molecule has 110 valence electrons. The van der Waals surface area contributed by atoms with Gasteiger partial charge in [0.15, 0.2) is 0 Å². The van der Waals surface area contributed by atoms with Gasteiger partial charge < -0.3 is 9.21 Å². The minimum absolute atomic E-state index is 0.0199. The van der Waals surface area contributed by atoms with Gasteiger partial charge in [-0.2, -0.15) is 0 Å². The smallest absolute Gasteiger partial charge is 0.247 e. The fourth-order valence-electron chi connectivity index (χ4n) is 2.67. The van der Waals surface area contributed by atoms with Crippen molar-refractivity contribution in [2.24, 2.45) is 0 Å². The molecule has 21 heavy (non-hydrogen) atoms. The number of carbonyl (C=O) groups is 1. The minimum Gasteiger partial charge on any atom is -0.419 e. The van der Waals surface area contributed by atoms with Gasteiger partial charge in [0.1, 0.15) is 6.29 Å². The number of hydrogen-bond donors (Lipinski definition) is 0. The van der Waals surface area contributed by atoms with Crippen molar-refractivity contribution in [1.29, 1.82) is 0 Å². The molecule has 1 aliphatic heterocycles. The van der Waals surface area contributed by atoms with Crippen LogP contribution in [0.5, 0.6) is 0 Å². The number of carbonyl (C=O) groups excluding carboxylic acids is 1. The molecule has 2 heterocycles. The second-order valence-electron chi connectivity index (χ2n) is 5.54. The summed E-state index contributed by atoms with van der Waals surface area (Å²) in [5, 5.41) is 8.20. The molecule has 0 bridgehead atoms. The van der Waals surface area contributed by atoms with Crippen LogP contribution in [0.25, 0.3) is 11.5 Å². The number of likely N-dealkylation sites (tertiary alicyclic amines) is 1. The highest BCUT2D eigenvalue weighted by Crippen LogP contribution is 2.21. The maximum atomic E-state index is 11.1. The van der Waals surface area contributed by atoms with Crippen molar-refractivity contribution in [2.75, 3.05) is 6.54 Å². The van der Waals surface area contributed by atoms with Crippen LogP contribution in [-0.2, 0) is 11.3 Å². The van der Waals surface area contributed by atoms with E-state index in [1.54, 1.807) is 0 Å². The van der Waals surface area contributed by atoms with Gasteiger partial charge in [-0.25, -0.2) is 0 Å². The van der Waals surface area contributed by atoms with E-state index in [0.29, 0.717) is 18.3 Å². The zero-order chi connectivity index (χ0) is 14.7. The van der Waals surface area contributed by atoms with E-state index in [4.69, 9.17) is 4.42 Å². The van der Waals surface area contributed by atoms with E-state index in [9.17, 15) is 4.79 Å². The summed E-state index contributed by atoms with van der Waals surface area (Å²) in [5.41, 5.74) is 2.12. The van der Waals surface area contributed by atoms with Gasteiger partial charge in [-0.3, -0.25) is 4.90 Å². The van der Waals surface area contributed by atoms with Gasteiger partial charge in [-0.15, -0.1) is 10.2 Å². The third-order valence-corrected chi connectivity index (χ3v) is 3.93. The number of nitrogens with zero attached hydrogens (tertiary/aromatic N) is 3. The Morgan fingerprint density at radius 2 is 2.10 bits per heavy atom. The van der Waals surface area contributed by atoms with Crippen LogP contribution < -0.4 is 0 Å². The molecule has 1 aromatic carbocycles. The van der Waals surface area contributed by atoms with Crippen molar-refractivity contribution in [3.8, 4) is 11.5 Å². The van der Waals surface area contributed by atoms with Crippen LogP contribution in [-0.4, -0.2) is 34.0 Å². The number of rotatable bonds is 4. The van der Waals surface area contributed by atoms with Crippen molar-refractivity contribution >= 4 is 6.29 Å². The van der Waals surface area contributed by atoms with Crippen molar-refractivity contribution < 1.29 is 9.21 Å². The molecule has 0 N–H and O–H groups in total. The Labute approximate surface area is 124 Å². The van der Waals surface area contributed by atoms with Gasteiger partial charge in [0.05, 0.1) is 12.6 Å². The molecule has 0 saturated carbocycles. The summed E-state index contributed by atoms with van der Waals surface area (Å²) in [6.45, 7) is 3.49. The lowest BCUT2D eigenvalue weighted by Crippen LogP contribution is -2.39. The van der Waals surface area contributed by atoms with E-state index in [2.05, 4.69) is 15.1 Å². The molecule has 1 saturated heterocycles. The highest BCUT2D eigenvalue weighted by molar-refractivity contribution is 5.57. The van der Waals surface area contributed by atoms with Gasteiger partial charge in [0.2, 0.25) is 11.8 Å². The second-order valence-corrected chi connectivity index (χ2v) is 5.54. The molecule has 1 unspecified atom stereocenters. The molecule has 1 aromatic heterocycles. The molecular weight excluding hydrogens is 266 g/mol. The fourth-order valence-corrected chi connectivity index (χ4v) is 2.67. The van der Waals surface area contributed by atoms with Crippen molar-refractivity contribution in [3.05, 3.63) is 35.7 Å². The average molecular weight is 285 g/mol. The van der Waals surface area contributed by atoms with Crippen molar-refractivity contribution in [1.82, 2.24) is 15.1 Å². The van der Waals surface area contributed by atoms with E-state index in [-0.39, 0.29) is 6.04 Å². The standard InChI is InChI=1S/C16H19N3O2/c1-12-5-7-13(8-6-12)16-18-17-15(21-16)10-19-9-3-2-4-14(19)11-20/h5-8,11,14H,2-4,9-10H2,1H3.